The summed E-state index contributed by atoms with van der Waals surface area (Å²) in [7, 11) is 3.20. The molecule has 1 heterocycles. The van der Waals surface area contributed by atoms with E-state index in [-0.39, 0.29) is 11.8 Å². The molecule has 2 N–H and O–H groups in total. The molecule has 1 aromatic heterocycles. The number of aromatic amines is 1. The van der Waals surface area contributed by atoms with Gasteiger partial charge < -0.3 is 9.47 Å². The normalized spacial score (nSPS) is 19.6. The van der Waals surface area contributed by atoms with Crippen molar-refractivity contribution in [2.45, 2.75) is 46.5 Å². The molecule has 0 atom stereocenters. The zero-order chi connectivity index (χ0) is 21.7. The van der Waals surface area contributed by atoms with Crippen molar-refractivity contribution in [3.05, 3.63) is 30.0 Å². The van der Waals surface area contributed by atoms with E-state index in [2.05, 4.69) is 41.5 Å². The number of carbonyl (C=O) groups is 1. The lowest BCUT2D eigenvalue weighted by molar-refractivity contribution is -0.126. The number of H-pyrrole nitrogens is 1. The van der Waals surface area contributed by atoms with Crippen LogP contribution in [-0.2, 0) is 4.79 Å². The minimum atomic E-state index is -0.00484. The Balaban J connectivity index is 1.62. The van der Waals surface area contributed by atoms with Crippen molar-refractivity contribution in [1.29, 1.82) is 0 Å². The van der Waals surface area contributed by atoms with Gasteiger partial charge in [-0.3, -0.25) is 9.89 Å². The van der Waals surface area contributed by atoms with Crippen molar-refractivity contribution in [1.82, 2.24) is 15.6 Å². The van der Waals surface area contributed by atoms with Crippen LogP contribution in [0.3, 0.4) is 0 Å². The molecule has 1 saturated carbocycles. The Hall–Kier alpha value is -2.83. The largest absolute Gasteiger partial charge is 0.493 e. The number of ether oxygens (including phenoxy) is 2. The second-order valence-electron chi connectivity index (χ2n) is 8.92. The molecule has 1 aliphatic rings. The van der Waals surface area contributed by atoms with Gasteiger partial charge in [0.15, 0.2) is 11.5 Å². The maximum atomic E-state index is 12.5. The second-order valence-corrected chi connectivity index (χ2v) is 8.92. The van der Waals surface area contributed by atoms with Gasteiger partial charge in [0.25, 0.3) is 0 Å². The molecule has 0 aliphatic heterocycles. The fourth-order valence-corrected chi connectivity index (χ4v) is 4.09. The number of hydrogen-bond acceptors (Lipinski definition) is 5. The van der Waals surface area contributed by atoms with Gasteiger partial charge in [-0.2, -0.15) is 10.2 Å². The average Bonchev–Trinajstić information content (AvgIpc) is 3.21. The summed E-state index contributed by atoms with van der Waals surface area (Å²) in [5.41, 5.74) is 5.47. The quantitative estimate of drug-likeness (QED) is 0.544. The van der Waals surface area contributed by atoms with E-state index in [0.29, 0.717) is 22.8 Å². The van der Waals surface area contributed by atoms with Crippen LogP contribution in [0.25, 0.3) is 11.3 Å². The summed E-state index contributed by atoms with van der Waals surface area (Å²) in [5.74, 6) is 2.00. The summed E-state index contributed by atoms with van der Waals surface area (Å²) in [6, 6.07) is 5.63. The molecule has 1 aromatic carbocycles. The predicted molar refractivity (Wildman–Crippen MR) is 118 cm³/mol. The van der Waals surface area contributed by atoms with Gasteiger partial charge in [-0.1, -0.05) is 20.8 Å². The molecule has 2 aromatic rings. The Morgan fingerprint density at radius 2 is 1.87 bits per heavy atom. The molecule has 7 nitrogen and oxygen atoms in total. The number of benzene rings is 1. The van der Waals surface area contributed by atoms with E-state index in [1.807, 2.05) is 18.2 Å². The van der Waals surface area contributed by atoms with Crippen molar-refractivity contribution in [2.24, 2.45) is 22.4 Å². The summed E-state index contributed by atoms with van der Waals surface area (Å²) in [4.78, 5) is 12.5. The van der Waals surface area contributed by atoms with Crippen LogP contribution in [0.15, 0.2) is 29.5 Å². The molecule has 7 heteroatoms. The second kappa shape index (κ2) is 9.32. The molecular formula is C23H32N4O3. The van der Waals surface area contributed by atoms with Crippen LogP contribution in [0.2, 0.25) is 0 Å². The summed E-state index contributed by atoms with van der Waals surface area (Å²) < 4.78 is 10.7. The molecule has 1 aliphatic carbocycles. The van der Waals surface area contributed by atoms with E-state index in [0.717, 1.165) is 42.5 Å². The molecule has 0 unspecified atom stereocenters. The number of amides is 1. The molecule has 30 heavy (non-hydrogen) atoms. The smallest absolute Gasteiger partial charge is 0.243 e. The van der Waals surface area contributed by atoms with Crippen molar-refractivity contribution in [3.63, 3.8) is 0 Å². The first-order valence-electron chi connectivity index (χ1n) is 10.4. The van der Waals surface area contributed by atoms with Crippen LogP contribution in [0, 0.1) is 17.3 Å². The molecular weight excluding hydrogens is 380 g/mol. The van der Waals surface area contributed by atoms with Gasteiger partial charge in [0.2, 0.25) is 5.91 Å². The van der Waals surface area contributed by atoms with Crippen molar-refractivity contribution >= 4 is 12.1 Å². The lowest BCUT2D eigenvalue weighted by Gasteiger charge is -2.36. The highest BCUT2D eigenvalue weighted by molar-refractivity contribution is 5.89. The molecule has 0 radical (unpaired) electrons. The molecule has 1 fully saturated rings. The number of carbonyl (C=O) groups excluding carboxylic acids is 1. The molecule has 0 bridgehead atoms. The van der Waals surface area contributed by atoms with Crippen molar-refractivity contribution in [2.75, 3.05) is 14.2 Å². The topological polar surface area (TPSA) is 88.6 Å². The number of hydrazone groups is 1. The van der Waals surface area contributed by atoms with E-state index in [1.54, 1.807) is 26.6 Å². The van der Waals surface area contributed by atoms with Crippen molar-refractivity contribution in [3.8, 4) is 22.8 Å². The molecule has 0 spiro atoms. The fourth-order valence-electron chi connectivity index (χ4n) is 4.09. The van der Waals surface area contributed by atoms with E-state index < -0.39 is 0 Å². The molecule has 3 rings (SSSR count). The van der Waals surface area contributed by atoms with Crippen LogP contribution in [0.4, 0.5) is 0 Å². The van der Waals surface area contributed by atoms with Gasteiger partial charge in [0.05, 0.1) is 32.3 Å². The first kappa shape index (κ1) is 21.9. The highest BCUT2D eigenvalue weighted by Gasteiger charge is 2.32. The van der Waals surface area contributed by atoms with E-state index in [4.69, 9.17) is 9.47 Å². The number of nitrogens with zero attached hydrogens (tertiary/aromatic N) is 2. The summed E-state index contributed by atoms with van der Waals surface area (Å²) >= 11 is 0. The summed E-state index contributed by atoms with van der Waals surface area (Å²) in [5, 5.41) is 11.3. The van der Waals surface area contributed by atoms with Crippen molar-refractivity contribution < 1.29 is 14.3 Å². The Morgan fingerprint density at radius 3 is 2.50 bits per heavy atom. The van der Waals surface area contributed by atoms with E-state index in [1.165, 1.54) is 0 Å². The summed E-state index contributed by atoms with van der Waals surface area (Å²) in [6.45, 7) is 6.84. The maximum absolute atomic E-state index is 12.5. The molecule has 1 amide bonds. The highest BCUT2D eigenvalue weighted by Crippen LogP contribution is 2.39. The third-order valence-electron chi connectivity index (χ3n) is 6.04. The maximum Gasteiger partial charge on any atom is 0.243 e. The predicted octanol–water partition coefficient (Wildman–Crippen LogP) is 4.40. The number of hydrogen-bond donors (Lipinski definition) is 2. The van der Waals surface area contributed by atoms with Crippen LogP contribution in [0.1, 0.15) is 52.0 Å². The minimum Gasteiger partial charge on any atom is -0.493 e. The van der Waals surface area contributed by atoms with Gasteiger partial charge in [-0.15, -0.1) is 0 Å². The van der Waals surface area contributed by atoms with Gasteiger partial charge >= 0.3 is 0 Å². The Morgan fingerprint density at radius 1 is 1.17 bits per heavy atom. The number of aromatic nitrogens is 2. The van der Waals surface area contributed by atoms with Gasteiger partial charge in [0, 0.05) is 17.0 Å². The molecule has 0 saturated heterocycles. The summed E-state index contributed by atoms with van der Waals surface area (Å²) in [6.07, 6.45) is 7.33. The minimum absolute atomic E-state index is 0.00484. The zero-order valence-corrected chi connectivity index (χ0v) is 18.5. The van der Waals surface area contributed by atoms with Crippen LogP contribution < -0.4 is 14.9 Å². The first-order chi connectivity index (χ1) is 14.3. The lowest BCUT2D eigenvalue weighted by Crippen LogP contribution is -2.33. The average molecular weight is 413 g/mol. The molecule has 162 valence electrons. The third-order valence-corrected chi connectivity index (χ3v) is 6.04. The van der Waals surface area contributed by atoms with Gasteiger partial charge in [-0.05, 0) is 55.2 Å². The van der Waals surface area contributed by atoms with E-state index >= 15 is 0 Å². The number of nitrogens with one attached hydrogen (secondary N) is 2. The first-order valence-corrected chi connectivity index (χ1v) is 10.4. The SMILES string of the molecule is COc1ccc(-c2[nH]ncc2/C=N/NC(=O)C2CCC(C(C)(C)C)CC2)cc1OC. The van der Waals surface area contributed by atoms with E-state index in [9.17, 15) is 4.79 Å². The Labute approximate surface area is 178 Å². The van der Waals surface area contributed by atoms with Gasteiger partial charge in [0.1, 0.15) is 0 Å². The fraction of sp³-hybridized carbons (Fsp3) is 0.522. The standard InChI is InChI=1S/C23H32N4O3/c1-23(2,3)18-9-6-15(7-10-18)22(28)27-25-14-17-13-24-26-21(17)16-8-11-19(29-4)20(12-16)30-5/h8,11-15,18H,6-7,9-10H2,1-5H3,(H,24,26)(H,27,28)/b25-14+. The van der Waals surface area contributed by atoms with Crippen LogP contribution in [-0.4, -0.2) is 36.5 Å². The highest BCUT2D eigenvalue weighted by atomic mass is 16.5. The Kier molecular flexibility index (Phi) is 6.80. The third kappa shape index (κ3) is 5.01. The number of methoxy groups -OCH3 is 2. The lowest BCUT2D eigenvalue weighted by atomic mass is 9.70. The Bertz CT molecular complexity index is 890. The van der Waals surface area contributed by atoms with Gasteiger partial charge in [-0.25, -0.2) is 5.43 Å². The zero-order valence-electron chi connectivity index (χ0n) is 18.5. The monoisotopic (exact) mass is 412 g/mol. The van der Waals surface area contributed by atoms with Crippen LogP contribution >= 0.6 is 0 Å². The number of rotatable bonds is 6. The van der Waals surface area contributed by atoms with Crippen LogP contribution in [0.5, 0.6) is 11.5 Å².